The number of fused-ring (bicyclic) bond motifs is 2. The van der Waals surface area contributed by atoms with Crippen LogP contribution in [0.4, 0.5) is 4.39 Å². The SMILES string of the molecule is CC(C)(F)c1cccc(-c2ccc3cnc(CNC(=O)c4ccc5c(c4)S(=O)(=O)CCOC5)cc3n2)n1. The summed E-state index contributed by atoms with van der Waals surface area (Å²) in [6.07, 6.45) is 1.66. The van der Waals surface area contributed by atoms with Gasteiger partial charge in [-0.15, -0.1) is 0 Å². The Hall–Kier alpha value is -3.76. The number of carbonyl (C=O) groups excluding carboxylic acids is 1. The number of nitrogens with zero attached hydrogens (tertiary/aromatic N) is 3. The summed E-state index contributed by atoms with van der Waals surface area (Å²) in [6.45, 7) is 3.35. The Balaban J connectivity index is 1.36. The molecule has 0 fully saturated rings. The molecule has 1 aromatic carbocycles. The van der Waals surface area contributed by atoms with Gasteiger partial charge in [0, 0.05) is 17.1 Å². The number of nitrogens with one attached hydrogen (secondary N) is 1. The molecule has 0 unspecified atom stereocenters. The van der Waals surface area contributed by atoms with E-state index >= 15 is 0 Å². The zero-order valence-electron chi connectivity index (χ0n) is 20.4. The van der Waals surface area contributed by atoms with Crippen molar-refractivity contribution < 1.29 is 22.3 Å². The minimum atomic E-state index is -3.52. The second kappa shape index (κ2) is 9.60. The van der Waals surface area contributed by atoms with Crippen molar-refractivity contribution in [3.8, 4) is 11.4 Å². The largest absolute Gasteiger partial charge is 0.376 e. The number of amides is 1. The van der Waals surface area contributed by atoms with Crippen molar-refractivity contribution in [3.05, 3.63) is 83.3 Å². The molecular formula is C27H25FN4O4S. The van der Waals surface area contributed by atoms with Crippen molar-refractivity contribution in [2.75, 3.05) is 12.4 Å². The number of benzene rings is 1. The summed E-state index contributed by atoms with van der Waals surface area (Å²) in [5.41, 5.74) is 1.91. The second-order valence-electron chi connectivity index (χ2n) is 9.32. The Kier molecular flexibility index (Phi) is 6.47. The van der Waals surface area contributed by atoms with E-state index in [0.717, 1.165) is 5.39 Å². The third-order valence-corrected chi connectivity index (χ3v) is 7.85. The normalized spacial score (nSPS) is 15.1. The predicted octanol–water partition coefficient (Wildman–Crippen LogP) is 4.13. The zero-order chi connectivity index (χ0) is 26.2. The van der Waals surface area contributed by atoms with E-state index < -0.39 is 21.4 Å². The van der Waals surface area contributed by atoms with Crippen LogP contribution < -0.4 is 5.32 Å². The fraction of sp³-hybridized carbons (Fsp3) is 0.259. The molecule has 0 saturated heterocycles. The lowest BCUT2D eigenvalue weighted by molar-refractivity contribution is 0.0950. The summed E-state index contributed by atoms with van der Waals surface area (Å²) >= 11 is 0. The second-order valence-corrected chi connectivity index (χ2v) is 11.4. The van der Waals surface area contributed by atoms with E-state index in [1.165, 1.54) is 19.9 Å². The van der Waals surface area contributed by atoms with Crippen LogP contribution in [0.25, 0.3) is 22.3 Å². The number of hydrogen-bond acceptors (Lipinski definition) is 7. The summed E-state index contributed by atoms with van der Waals surface area (Å²) < 4.78 is 44.7. The molecular weight excluding hydrogens is 495 g/mol. The number of hydrogen-bond donors (Lipinski definition) is 1. The lowest BCUT2D eigenvalue weighted by atomic mass is 10.1. The van der Waals surface area contributed by atoms with Gasteiger partial charge in [-0.25, -0.2) is 22.8 Å². The third-order valence-electron chi connectivity index (χ3n) is 6.10. The molecule has 0 bridgehead atoms. The highest BCUT2D eigenvalue weighted by Crippen LogP contribution is 2.26. The van der Waals surface area contributed by atoms with Crippen LogP contribution in [0.2, 0.25) is 0 Å². The van der Waals surface area contributed by atoms with Crippen molar-refractivity contribution in [2.24, 2.45) is 0 Å². The number of rotatable bonds is 5. The lowest BCUT2D eigenvalue weighted by Crippen LogP contribution is -2.23. The Bertz CT molecular complexity index is 1620. The first-order chi connectivity index (χ1) is 17.6. The predicted molar refractivity (Wildman–Crippen MR) is 136 cm³/mol. The Labute approximate surface area is 213 Å². The molecule has 0 atom stereocenters. The van der Waals surface area contributed by atoms with Gasteiger partial charge in [-0.05, 0) is 61.9 Å². The van der Waals surface area contributed by atoms with Gasteiger partial charge in [0.25, 0.3) is 5.91 Å². The molecule has 1 amide bonds. The van der Waals surface area contributed by atoms with Crippen LogP contribution in [-0.4, -0.2) is 41.6 Å². The highest BCUT2D eigenvalue weighted by Gasteiger charge is 2.24. The minimum absolute atomic E-state index is 0.119. The average Bonchev–Trinajstić information content (AvgIpc) is 3.03. The summed E-state index contributed by atoms with van der Waals surface area (Å²) in [7, 11) is -3.52. The number of aromatic nitrogens is 3. The van der Waals surface area contributed by atoms with Crippen molar-refractivity contribution in [2.45, 2.75) is 37.6 Å². The molecule has 0 saturated carbocycles. The van der Waals surface area contributed by atoms with E-state index in [2.05, 4.69) is 20.3 Å². The quantitative estimate of drug-likeness (QED) is 0.421. The van der Waals surface area contributed by atoms with E-state index in [9.17, 15) is 17.6 Å². The molecule has 10 heteroatoms. The summed E-state index contributed by atoms with van der Waals surface area (Å²) in [5, 5.41) is 3.60. The van der Waals surface area contributed by atoms with Crippen LogP contribution in [0.3, 0.4) is 0 Å². The number of carbonyl (C=O) groups is 1. The standard InChI is InChI=1S/C27H25FN4O4S/c1-27(2,28)25-5-3-4-21(32-25)22-9-8-18-14-29-20(13-23(18)31-22)15-30-26(33)17-6-7-19-16-36-10-11-37(34,35)24(19)12-17/h3-9,12-14H,10-11,15-16H2,1-2H3,(H,30,33). The van der Waals surface area contributed by atoms with Gasteiger partial charge in [0.15, 0.2) is 9.84 Å². The summed E-state index contributed by atoms with van der Waals surface area (Å²) in [4.78, 5) is 26.4. The monoisotopic (exact) mass is 520 g/mol. The first-order valence-corrected chi connectivity index (χ1v) is 13.4. The number of ether oxygens (including phenoxy) is 1. The molecule has 1 N–H and O–H groups in total. The molecule has 0 radical (unpaired) electrons. The first kappa shape index (κ1) is 24.9. The Morgan fingerprint density at radius 2 is 1.89 bits per heavy atom. The maximum atomic E-state index is 14.4. The van der Waals surface area contributed by atoms with E-state index in [0.29, 0.717) is 33.9 Å². The molecule has 37 heavy (non-hydrogen) atoms. The number of alkyl halides is 1. The van der Waals surface area contributed by atoms with E-state index in [1.54, 1.807) is 48.7 Å². The van der Waals surface area contributed by atoms with Crippen LogP contribution in [0.15, 0.2) is 65.7 Å². The molecule has 1 aliphatic heterocycles. The van der Waals surface area contributed by atoms with Crippen LogP contribution in [0.5, 0.6) is 0 Å². The Morgan fingerprint density at radius 1 is 1.08 bits per heavy atom. The fourth-order valence-corrected chi connectivity index (χ4v) is 5.43. The molecule has 1 aliphatic rings. The van der Waals surface area contributed by atoms with Gasteiger partial charge < -0.3 is 10.1 Å². The highest BCUT2D eigenvalue weighted by atomic mass is 32.2. The summed E-state index contributed by atoms with van der Waals surface area (Å²) in [6, 6.07) is 15.2. The topological polar surface area (TPSA) is 111 Å². The molecule has 4 heterocycles. The number of pyridine rings is 3. The lowest BCUT2D eigenvalue weighted by Gasteiger charge is -2.14. The van der Waals surface area contributed by atoms with Crippen molar-refractivity contribution >= 4 is 26.6 Å². The van der Waals surface area contributed by atoms with Crippen molar-refractivity contribution in [1.29, 1.82) is 0 Å². The maximum absolute atomic E-state index is 14.4. The molecule has 5 rings (SSSR count). The van der Waals surface area contributed by atoms with Crippen molar-refractivity contribution in [1.82, 2.24) is 20.3 Å². The Morgan fingerprint density at radius 3 is 2.70 bits per heavy atom. The fourth-order valence-electron chi connectivity index (χ4n) is 4.04. The molecule has 4 aromatic rings. The van der Waals surface area contributed by atoms with Gasteiger partial charge in [-0.2, -0.15) is 0 Å². The van der Waals surface area contributed by atoms with Crippen LogP contribution in [0.1, 0.15) is 41.2 Å². The van der Waals surface area contributed by atoms with Gasteiger partial charge in [0.2, 0.25) is 0 Å². The highest BCUT2D eigenvalue weighted by molar-refractivity contribution is 7.91. The molecule has 190 valence electrons. The zero-order valence-corrected chi connectivity index (χ0v) is 21.2. The van der Waals surface area contributed by atoms with Gasteiger partial charge in [-0.3, -0.25) is 9.78 Å². The van der Waals surface area contributed by atoms with E-state index in [1.807, 2.05) is 6.07 Å². The molecule has 3 aromatic heterocycles. The van der Waals surface area contributed by atoms with Gasteiger partial charge in [0.05, 0.1) is 58.7 Å². The molecule has 0 aliphatic carbocycles. The number of sulfone groups is 1. The van der Waals surface area contributed by atoms with Crippen LogP contribution >= 0.6 is 0 Å². The van der Waals surface area contributed by atoms with Gasteiger partial charge >= 0.3 is 0 Å². The first-order valence-electron chi connectivity index (χ1n) is 11.7. The van der Waals surface area contributed by atoms with E-state index in [-0.39, 0.29) is 36.0 Å². The molecule has 8 nitrogen and oxygen atoms in total. The van der Waals surface area contributed by atoms with Crippen LogP contribution in [0, 0.1) is 0 Å². The number of halogens is 1. The third kappa shape index (κ3) is 5.35. The summed E-state index contributed by atoms with van der Waals surface area (Å²) in [5.74, 6) is -0.534. The average molecular weight is 521 g/mol. The van der Waals surface area contributed by atoms with Gasteiger partial charge in [-0.1, -0.05) is 12.1 Å². The smallest absolute Gasteiger partial charge is 0.251 e. The maximum Gasteiger partial charge on any atom is 0.251 e. The van der Waals surface area contributed by atoms with E-state index in [4.69, 9.17) is 4.74 Å². The van der Waals surface area contributed by atoms with Gasteiger partial charge in [0.1, 0.15) is 5.67 Å². The minimum Gasteiger partial charge on any atom is -0.376 e. The van der Waals surface area contributed by atoms with Crippen molar-refractivity contribution in [3.63, 3.8) is 0 Å². The van der Waals surface area contributed by atoms with Crippen LogP contribution in [-0.2, 0) is 33.4 Å². The molecule has 0 spiro atoms.